The summed E-state index contributed by atoms with van der Waals surface area (Å²) in [6.07, 6.45) is 5.36. The zero-order chi connectivity index (χ0) is 41.1. The fourth-order valence-corrected chi connectivity index (χ4v) is 9.94. The molecule has 0 fully saturated rings. The van der Waals surface area contributed by atoms with Crippen LogP contribution in [0.25, 0.3) is 23.0 Å². The summed E-state index contributed by atoms with van der Waals surface area (Å²) in [5, 5.41) is 48.0. The molecule has 0 radical (unpaired) electrons. The molecule has 2 unspecified atom stereocenters. The number of carboxylic acid groups (broad SMARTS) is 1. The highest BCUT2D eigenvalue weighted by Crippen LogP contribution is 2.38. The van der Waals surface area contributed by atoms with Gasteiger partial charge in [0.25, 0.3) is 0 Å². The van der Waals surface area contributed by atoms with Crippen LogP contribution in [-0.2, 0) is 37.0 Å². The van der Waals surface area contributed by atoms with E-state index in [0.717, 1.165) is 89.3 Å². The highest BCUT2D eigenvalue weighted by atomic mass is 35.5. The molecule has 1 N–H and O–H groups in total. The smallest absolute Gasteiger partial charge is 0.325 e. The van der Waals surface area contributed by atoms with Gasteiger partial charge < -0.3 is 9.84 Å². The topological polar surface area (TPSA) is 185 Å². The van der Waals surface area contributed by atoms with Gasteiger partial charge in [0.2, 0.25) is 27.9 Å². The predicted molar refractivity (Wildman–Crippen MR) is 224 cm³/mol. The summed E-state index contributed by atoms with van der Waals surface area (Å²) in [4.78, 5) is 23.3. The van der Waals surface area contributed by atoms with E-state index in [1.165, 1.54) is 11.6 Å². The lowest BCUT2D eigenvalue weighted by Crippen LogP contribution is -2.22. The van der Waals surface area contributed by atoms with Crippen LogP contribution >= 0.6 is 46.7 Å². The minimum atomic E-state index is -0.911. The van der Waals surface area contributed by atoms with E-state index in [-0.39, 0.29) is 23.0 Å². The van der Waals surface area contributed by atoms with Gasteiger partial charge in [-0.2, -0.15) is 29.8 Å². The molecule has 6 aromatic rings. The molecule has 10 rings (SSSR count). The van der Waals surface area contributed by atoms with Crippen molar-refractivity contribution in [2.45, 2.75) is 86.7 Å². The standard InChI is InChI=1S/C20H20N6O3S.C19H16Cl2N6OS/c1-11-17(12-6-8-13(29-2)9-7-12)24-26-19(21-22-20(26)30-11)18-14-4-3-5-15(14)25(23-18)10-16(27)28;1-9-16(11-6-7-13(20)14(21)8-11)24-27-18(22-23-19(27)29-9)17-12-4-3-5-15(12)26(25-17)10(2)28/h6-9,11H,3-5,10H2,1-2H3,(H,27,28);6-9H,3-5H2,1-2H3. The van der Waals surface area contributed by atoms with Gasteiger partial charge in [0.1, 0.15) is 23.7 Å². The van der Waals surface area contributed by atoms with Crippen LogP contribution in [0.2, 0.25) is 10.0 Å². The van der Waals surface area contributed by atoms with Gasteiger partial charge in [-0.05, 0) is 94.3 Å². The van der Waals surface area contributed by atoms with Gasteiger partial charge in [-0.3, -0.25) is 14.3 Å². The van der Waals surface area contributed by atoms with Gasteiger partial charge in [0.05, 0.1) is 44.8 Å². The summed E-state index contributed by atoms with van der Waals surface area (Å²) in [5.74, 6) is 0.885. The predicted octanol–water partition coefficient (Wildman–Crippen LogP) is 6.81. The summed E-state index contributed by atoms with van der Waals surface area (Å²) < 4.78 is 11.8. The van der Waals surface area contributed by atoms with Crippen molar-refractivity contribution in [1.29, 1.82) is 0 Å². The number of fused-ring (bicyclic) bond motifs is 4. The molecule has 0 saturated carbocycles. The fraction of sp³-hybridized carbons (Fsp3) is 0.333. The number of carboxylic acids is 1. The maximum absolute atomic E-state index is 12.0. The maximum Gasteiger partial charge on any atom is 0.325 e. The van der Waals surface area contributed by atoms with Crippen LogP contribution in [0.15, 0.2) is 63.0 Å². The van der Waals surface area contributed by atoms with E-state index >= 15 is 0 Å². The largest absolute Gasteiger partial charge is 0.497 e. The number of benzene rings is 2. The van der Waals surface area contributed by atoms with Crippen molar-refractivity contribution in [3.63, 3.8) is 0 Å². The van der Waals surface area contributed by atoms with Gasteiger partial charge in [0, 0.05) is 29.3 Å². The molecule has 0 amide bonds. The number of methoxy groups -OCH3 is 1. The average molecular weight is 872 g/mol. The number of hydrogen-bond acceptors (Lipinski definition) is 13. The van der Waals surface area contributed by atoms with Gasteiger partial charge in [-0.15, -0.1) is 20.4 Å². The number of carbonyl (C=O) groups excluding carboxylic acids is 1. The number of nitrogens with zero attached hydrogens (tertiary/aromatic N) is 12. The first-order valence-electron chi connectivity index (χ1n) is 18.9. The molecule has 2 atom stereocenters. The van der Waals surface area contributed by atoms with Crippen LogP contribution in [0, 0.1) is 0 Å². The molecule has 2 aromatic carbocycles. The number of halogens is 2. The van der Waals surface area contributed by atoms with Gasteiger partial charge in [-0.1, -0.05) is 52.8 Å². The van der Waals surface area contributed by atoms with Crippen LogP contribution in [0.3, 0.4) is 0 Å². The van der Waals surface area contributed by atoms with Crippen molar-refractivity contribution in [2.24, 2.45) is 10.2 Å². The SMILES string of the molecule is CC(=O)n1nc(-c2nnc3n2N=C(c2ccc(Cl)c(Cl)c2)C(C)S3)c2c1CCC2.COc1ccc(C2=Nn3c(nnc3-c3nn(CC(=O)O)c4c3CCC4)SC2C)cc1. The number of rotatable bonds is 7. The second-order valence-corrected chi connectivity index (χ2v) is 17.8. The zero-order valence-electron chi connectivity index (χ0n) is 32.3. The average Bonchev–Trinajstić information content (AvgIpc) is 4.07. The van der Waals surface area contributed by atoms with E-state index in [2.05, 4.69) is 44.4 Å². The second-order valence-electron chi connectivity index (χ2n) is 14.3. The Morgan fingerprint density at radius 3 is 1.90 bits per heavy atom. The second kappa shape index (κ2) is 15.7. The van der Waals surface area contributed by atoms with E-state index in [1.807, 2.05) is 36.4 Å². The molecule has 59 heavy (non-hydrogen) atoms. The van der Waals surface area contributed by atoms with Gasteiger partial charge >= 0.3 is 5.97 Å². The molecular weight excluding hydrogens is 836 g/mol. The van der Waals surface area contributed by atoms with Crippen molar-refractivity contribution < 1.29 is 19.4 Å². The first kappa shape index (κ1) is 39.2. The quantitative estimate of drug-likeness (QED) is 0.177. The van der Waals surface area contributed by atoms with Crippen LogP contribution in [-0.4, -0.2) is 95.3 Å². The van der Waals surface area contributed by atoms with Crippen LogP contribution in [0.4, 0.5) is 0 Å². The number of aliphatic carboxylic acids is 1. The molecular formula is C39H36Cl2N12O4S2. The number of thioether (sulfide) groups is 2. The molecule has 4 aliphatic rings. The Morgan fingerprint density at radius 2 is 1.32 bits per heavy atom. The summed E-state index contributed by atoms with van der Waals surface area (Å²) in [7, 11) is 1.64. The Balaban J connectivity index is 0.000000152. The lowest BCUT2D eigenvalue weighted by molar-refractivity contribution is -0.137. The summed E-state index contributed by atoms with van der Waals surface area (Å²) in [5.41, 5.74) is 9.07. The Hall–Kier alpha value is -5.30. The first-order chi connectivity index (χ1) is 28.5. The third-order valence-corrected chi connectivity index (χ3v) is 13.3. The molecule has 302 valence electrons. The van der Waals surface area contributed by atoms with Crippen molar-refractivity contribution in [2.75, 3.05) is 7.11 Å². The third-order valence-electron chi connectivity index (χ3n) is 10.5. The molecule has 0 bridgehead atoms. The number of carbonyl (C=O) groups is 2. The van der Waals surface area contributed by atoms with Crippen molar-refractivity contribution in [1.82, 2.24) is 49.3 Å². The Labute approximate surface area is 356 Å². The molecule has 2 aliphatic carbocycles. The van der Waals surface area contributed by atoms with Crippen molar-refractivity contribution in [3.8, 4) is 28.8 Å². The van der Waals surface area contributed by atoms with Gasteiger partial charge in [0.15, 0.2) is 0 Å². The molecule has 2 aliphatic heterocycles. The normalized spacial score (nSPS) is 17.6. The number of ether oxygens (including phenoxy) is 1. The number of aromatic nitrogens is 10. The maximum atomic E-state index is 12.0. The van der Waals surface area contributed by atoms with E-state index in [9.17, 15) is 14.7 Å². The minimum Gasteiger partial charge on any atom is -0.497 e. The van der Waals surface area contributed by atoms with E-state index < -0.39 is 5.97 Å². The zero-order valence-corrected chi connectivity index (χ0v) is 35.4. The molecule has 20 heteroatoms. The van der Waals surface area contributed by atoms with Crippen molar-refractivity contribution in [3.05, 3.63) is 86.2 Å². The highest BCUT2D eigenvalue weighted by Gasteiger charge is 2.33. The number of hydrogen-bond donors (Lipinski definition) is 1. The van der Waals surface area contributed by atoms with E-state index in [4.69, 9.17) is 38.1 Å². The molecule has 6 heterocycles. The van der Waals surface area contributed by atoms with Crippen LogP contribution in [0.5, 0.6) is 5.75 Å². The summed E-state index contributed by atoms with van der Waals surface area (Å²) in [6.45, 7) is 5.51. The van der Waals surface area contributed by atoms with Gasteiger partial charge in [-0.25, -0.2) is 4.68 Å². The molecule has 0 saturated heterocycles. The third kappa shape index (κ3) is 7.14. The molecule has 0 spiro atoms. The lowest BCUT2D eigenvalue weighted by atomic mass is 10.1. The Kier molecular flexibility index (Phi) is 10.4. The minimum absolute atomic E-state index is 0.0669. The van der Waals surface area contributed by atoms with Crippen LogP contribution in [0.1, 0.15) is 72.0 Å². The van der Waals surface area contributed by atoms with E-state index in [0.29, 0.717) is 43.4 Å². The Bertz CT molecular complexity index is 2730. The van der Waals surface area contributed by atoms with E-state index in [1.54, 1.807) is 50.7 Å². The summed E-state index contributed by atoms with van der Waals surface area (Å²) in [6, 6.07) is 13.3. The summed E-state index contributed by atoms with van der Waals surface area (Å²) >= 11 is 15.4. The first-order valence-corrected chi connectivity index (χ1v) is 21.4. The highest BCUT2D eigenvalue weighted by molar-refractivity contribution is 8.00. The fourth-order valence-electron chi connectivity index (χ4n) is 7.79. The monoisotopic (exact) mass is 870 g/mol. The molecule has 16 nitrogen and oxygen atoms in total. The van der Waals surface area contributed by atoms with Crippen molar-refractivity contribution >= 4 is 70.0 Å². The lowest BCUT2D eigenvalue weighted by Gasteiger charge is -2.20. The van der Waals surface area contributed by atoms with Crippen LogP contribution < -0.4 is 4.74 Å². The Morgan fingerprint density at radius 1 is 0.763 bits per heavy atom. The molecule has 4 aromatic heterocycles.